The van der Waals surface area contributed by atoms with Crippen molar-refractivity contribution in [2.24, 2.45) is 0 Å². The number of oxazole rings is 1. The number of aromatic nitrogens is 1. The fourth-order valence-corrected chi connectivity index (χ4v) is 4.92. The van der Waals surface area contributed by atoms with Crippen molar-refractivity contribution < 1.29 is 12.8 Å². The monoisotopic (exact) mass is 354 g/mol. The lowest BCUT2D eigenvalue weighted by Gasteiger charge is -2.14. The number of thiophene rings is 2. The first kappa shape index (κ1) is 15.4. The third-order valence-electron chi connectivity index (χ3n) is 3.16. The lowest BCUT2D eigenvalue weighted by Crippen LogP contribution is -2.26. The van der Waals surface area contributed by atoms with E-state index in [0.29, 0.717) is 21.6 Å². The van der Waals surface area contributed by atoms with Gasteiger partial charge in [-0.15, -0.1) is 22.7 Å². The minimum atomic E-state index is -3.48. The lowest BCUT2D eigenvalue weighted by atomic mass is 10.4. The van der Waals surface area contributed by atoms with Crippen molar-refractivity contribution in [3.05, 3.63) is 46.5 Å². The summed E-state index contributed by atoms with van der Waals surface area (Å²) >= 11 is 2.74. The topological polar surface area (TPSA) is 63.4 Å². The highest BCUT2D eigenvalue weighted by molar-refractivity contribution is 7.91. The Morgan fingerprint density at radius 3 is 2.59 bits per heavy atom. The summed E-state index contributed by atoms with van der Waals surface area (Å²) < 4.78 is 32.1. The number of aryl methyl sites for hydroxylation is 1. The smallest absolute Gasteiger partial charge is 0.252 e. The largest absolute Gasteiger partial charge is 0.440 e. The van der Waals surface area contributed by atoms with E-state index < -0.39 is 10.0 Å². The first-order chi connectivity index (χ1) is 10.5. The summed E-state index contributed by atoms with van der Waals surface area (Å²) in [6.45, 7) is 1.98. The van der Waals surface area contributed by atoms with Crippen molar-refractivity contribution >= 4 is 32.7 Å². The average molecular weight is 354 g/mol. The van der Waals surface area contributed by atoms with Gasteiger partial charge in [0.2, 0.25) is 5.89 Å². The van der Waals surface area contributed by atoms with Crippen molar-refractivity contribution in [1.82, 2.24) is 9.29 Å². The maximum Gasteiger partial charge on any atom is 0.252 e. The van der Waals surface area contributed by atoms with E-state index in [2.05, 4.69) is 4.98 Å². The van der Waals surface area contributed by atoms with Crippen LogP contribution in [0.4, 0.5) is 0 Å². The number of hydrogen-bond acceptors (Lipinski definition) is 6. The summed E-state index contributed by atoms with van der Waals surface area (Å²) in [5.74, 6) is 1.17. The number of nitrogens with zero attached hydrogens (tertiary/aromatic N) is 2. The highest BCUT2D eigenvalue weighted by atomic mass is 32.2. The second kappa shape index (κ2) is 5.96. The lowest BCUT2D eigenvalue weighted by molar-refractivity contribution is 0.459. The van der Waals surface area contributed by atoms with E-state index in [1.165, 1.54) is 27.0 Å². The molecule has 0 spiro atoms. The van der Waals surface area contributed by atoms with Gasteiger partial charge < -0.3 is 4.42 Å². The molecule has 3 rings (SSSR count). The second-order valence-corrected chi connectivity index (χ2v) is 8.86. The molecule has 5 nitrogen and oxygen atoms in total. The van der Waals surface area contributed by atoms with Gasteiger partial charge in [0, 0.05) is 7.05 Å². The molecule has 0 aliphatic rings. The zero-order valence-electron chi connectivity index (χ0n) is 12.0. The van der Waals surface area contributed by atoms with Crippen molar-refractivity contribution in [2.45, 2.75) is 17.7 Å². The number of hydrogen-bond donors (Lipinski definition) is 0. The maximum absolute atomic E-state index is 12.4. The van der Waals surface area contributed by atoms with Gasteiger partial charge in [-0.1, -0.05) is 12.1 Å². The molecule has 3 aromatic rings. The Labute approximate surface area is 136 Å². The first-order valence-electron chi connectivity index (χ1n) is 6.48. The van der Waals surface area contributed by atoms with Gasteiger partial charge in [0.1, 0.15) is 9.97 Å². The number of sulfonamides is 1. The van der Waals surface area contributed by atoms with Crippen LogP contribution in [0.3, 0.4) is 0 Å². The molecular weight excluding hydrogens is 340 g/mol. The fourth-order valence-electron chi connectivity index (χ4n) is 1.94. The van der Waals surface area contributed by atoms with E-state index in [-0.39, 0.29) is 6.54 Å². The van der Waals surface area contributed by atoms with E-state index in [9.17, 15) is 8.42 Å². The van der Waals surface area contributed by atoms with Crippen molar-refractivity contribution in [2.75, 3.05) is 7.05 Å². The van der Waals surface area contributed by atoms with Crippen LogP contribution in [0.25, 0.3) is 10.8 Å². The third kappa shape index (κ3) is 2.87. The molecule has 8 heteroatoms. The summed E-state index contributed by atoms with van der Waals surface area (Å²) in [7, 11) is -1.93. The van der Waals surface area contributed by atoms with Gasteiger partial charge in [-0.3, -0.25) is 0 Å². The zero-order chi connectivity index (χ0) is 15.7. The molecule has 0 aromatic carbocycles. The van der Waals surface area contributed by atoms with E-state index in [0.717, 1.165) is 4.88 Å². The standard InChI is InChI=1S/C14H14N2O3S3/c1-10-11(15-14(19-10)12-5-3-7-20-12)9-16(2)22(17,18)13-6-4-8-21-13/h3-8H,9H2,1-2H3. The fraction of sp³-hybridized carbons (Fsp3) is 0.214. The minimum absolute atomic E-state index is 0.181. The highest BCUT2D eigenvalue weighted by Crippen LogP contribution is 2.27. The minimum Gasteiger partial charge on any atom is -0.440 e. The second-order valence-electron chi connectivity index (χ2n) is 4.69. The van der Waals surface area contributed by atoms with Gasteiger partial charge in [0.25, 0.3) is 10.0 Å². The average Bonchev–Trinajstić information content (AvgIpc) is 3.20. The van der Waals surface area contributed by atoms with Gasteiger partial charge in [0.15, 0.2) is 0 Å². The molecule has 0 aliphatic carbocycles. The molecule has 0 saturated carbocycles. The van der Waals surface area contributed by atoms with Crippen LogP contribution in [0.1, 0.15) is 11.5 Å². The Morgan fingerprint density at radius 2 is 1.95 bits per heavy atom. The molecule has 0 unspecified atom stereocenters. The van der Waals surface area contributed by atoms with Crippen molar-refractivity contribution in [3.8, 4) is 10.8 Å². The predicted octanol–water partition coefficient (Wildman–Crippen LogP) is 3.59. The van der Waals surface area contributed by atoms with Crippen molar-refractivity contribution in [1.29, 1.82) is 0 Å². The normalized spacial score (nSPS) is 12.1. The van der Waals surface area contributed by atoms with Gasteiger partial charge >= 0.3 is 0 Å². The Kier molecular flexibility index (Phi) is 4.18. The highest BCUT2D eigenvalue weighted by Gasteiger charge is 2.24. The predicted molar refractivity (Wildman–Crippen MR) is 87.5 cm³/mol. The Hall–Kier alpha value is -1.48. The van der Waals surface area contributed by atoms with E-state index in [1.54, 1.807) is 31.5 Å². The van der Waals surface area contributed by atoms with Crippen LogP contribution in [0.5, 0.6) is 0 Å². The molecule has 0 radical (unpaired) electrons. The Balaban J connectivity index is 1.84. The van der Waals surface area contributed by atoms with Crippen LogP contribution in [0.2, 0.25) is 0 Å². The van der Waals surface area contributed by atoms with Crippen LogP contribution in [-0.4, -0.2) is 24.8 Å². The zero-order valence-corrected chi connectivity index (χ0v) is 14.5. The van der Waals surface area contributed by atoms with Crippen LogP contribution in [0, 0.1) is 6.92 Å². The molecule has 0 aliphatic heterocycles. The molecule has 0 saturated heterocycles. The maximum atomic E-state index is 12.4. The van der Waals surface area contributed by atoms with Crippen molar-refractivity contribution in [3.63, 3.8) is 0 Å². The van der Waals surface area contributed by atoms with Crippen LogP contribution >= 0.6 is 22.7 Å². The first-order valence-corrected chi connectivity index (χ1v) is 9.68. The van der Waals surface area contributed by atoms with E-state index >= 15 is 0 Å². The van der Waals surface area contributed by atoms with Crippen LogP contribution < -0.4 is 0 Å². The van der Waals surface area contributed by atoms with E-state index in [4.69, 9.17) is 4.42 Å². The SMILES string of the molecule is Cc1oc(-c2cccs2)nc1CN(C)S(=O)(=O)c1cccs1. The molecule has 22 heavy (non-hydrogen) atoms. The molecule has 0 N–H and O–H groups in total. The van der Waals surface area contributed by atoms with Gasteiger partial charge in [-0.05, 0) is 29.8 Å². The summed E-state index contributed by atoms with van der Waals surface area (Å²) in [5.41, 5.74) is 0.631. The Morgan fingerprint density at radius 1 is 1.23 bits per heavy atom. The summed E-state index contributed by atoms with van der Waals surface area (Å²) in [6.07, 6.45) is 0. The van der Waals surface area contributed by atoms with Crippen LogP contribution in [-0.2, 0) is 16.6 Å². The molecule has 0 atom stereocenters. The number of rotatable bonds is 5. The summed E-state index contributed by atoms with van der Waals surface area (Å²) in [6, 6.07) is 7.17. The molecule has 3 heterocycles. The van der Waals surface area contributed by atoms with Gasteiger partial charge in [-0.25, -0.2) is 13.4 Å². The summed E-state index contributed by atoms with van der Waals surface area (Å²) in [4.78, 5) is 5.36. The van der Waals surface area contributed by atoms with Gasteiger partial charge in [-0.2, -0.15) is 4.31 Å². The molecule has 116 valence electrons. The molecule has 3 aromatic heterocycles. The molecule has 0 bridgehead atoms. The Bertz CT molecular complexity index is 849. The summed E-state index contributed by atoms with van der Waals surface area (Å²) in [5, 5.41) is 3.69. The van der Waals surface area contributed by atoms with Gasteiger partial charge in [0.05, 0.1) is 17.1 Å². The van der Waals surface area contributed by atoms with E-state index in [1.807, 2.05) is 17.5 Å². The third-order valence-corrected chi connectivity index (χ3v) is 7.19. The molecule has 0 fully saturated rings. The quantitative estimate of drug-likeness (QED) is 0.702. The molecular formula is C14H14N2O3S3. The van der Waals surface area contributed by atoms with Crippen LogP contribution in [0.15, 0.2) is 43.7 Å². The molecule has 0 amide bonds.